The van der Waals surface area contributed by atoms with Gasteiger partial charge < -0.3 is 10.0 Å². The number of sulfonamides is 1. The van der Waals surface area contributed by atoms with Crippen LogP contribution in [0.4, 0.5) is 0 Å². The lowest BCUT2D eigenvalue weighted by atomic mass is 9.97. The molecule has 2 fully saturated rings. The van der Waals surface area contributed by atoms with Crippen LogP contribution in [-0.4, -0.2) is 60.8 Å². The lowest BCUT2D eigenvalue weighted by Crippen LogP contribution is -2.42. The van der Waals surface area contributed by atoms with E-state index >= 15 is 0 Å². The number of piperidine rings is 1. The Kier molecular flexibility index (Phi) is 6.16. The third kappa shape index (κ3) is 4.50. The molecule has 0 aliphatic carbocycles. The van der Waals surface area contributed by atoms with Crippen LogP contribution >= 0.6 is 0 Å². The number of carbonyl (C=O) groups is 2. The molecule has 1 amide bonds. The van der Waals surface area contributed by atoms with Crippen molar-refractivity contribution in [1.29, 1.82) is 0 Å². The molecule has 8 heteroatoms. The number of amides is 1. The zero-order chi connectivity index (χ0) is 19.4. The molecule has 148 valence electrons. The Hall–Kier alpha value is -1.93. The van der Waals surface area contributed by atoms with Crippen molar-refractivity contribution in [1.82, 2.24) is 9.21 Å². The van der Waals surface area contributed by atoms with Crippen LogP contribution in [0.2, 0.25) is 0 Å². The molecule has 7 nitrogen and oxygen atoms in total. The number of aliphatic carboxylic acids is 1. The fraction of sp³-hybridized carbons (Fsp3) is 0.579. The van der Waals surface area contributed by atoms with E-state index in [0.717, 1.165) is 25.7 Å². The van der Waals surface area contributed by atoms with Crippen LogP contribution < -0.4 is 0 Å². The predicted molar refractivity (Wildman–Crippen MR) is 99.9 cm³/mol. The molecular weight excluding hydrogens is 368 g/mol. The molecule has 0 saturated carbocycles. The summed E-state index contributed by atoms with van der Waals surface area (Å²) in [5, 5.41) is 9.17. The zero-order valence-corrected chi connectivity index (χ0v) is 16.2. The molecule has 2 heterocycles. The highest BCUT2D eigenvalue weighted by Gasteiger charge is 2.29. The summed E-state index contributed by atoms with van der Waals surface area (Å²) in [5.74, 6) is -1.67. The first kappa shape index (κ1) is 19.8. The Morgan fingerprint density at radius 3 is 2.15 bits per heavy atom. The van der Waals surface area contributed by atoms with Crippen molar-refractivity contribution in [2.75, 3.05) is 26.2 Å². The zero-order valence-electron chi connectivity index (χ0n) is 15.3. The third-order valence-electron chi connectivity index (χ3n) is 5.36. The Balaban J connectivity index is 1.72. The molecule has 0 aromatic heterocycles. The maximum Gasteiger partial charge on any atom is 0.308 e. The van der Waals surface area contributed by atoms with Gasteiger partial charge in [0.1, 0.15) is 0 Å². The molecule has 2 saturated heterocycles. The molecule has 0 bridgehead atoms. The maximum absolute atomic E-state index is 12.8. The van der Waals surface area contributed by atoms with Gasteiger partial charge in [-0.2, -0.15) is 4.31 Å². The van der Waals surface area contributed by atoms with Gasteiger partial charge in [0.2, 0.25) is 10.0 Å². The topological polar surface area (TPSA) is 95.0 Å². The summed E-state index contributed by atoms with van der Waals surface area (Å²) in [6, 6.07) is 6.01. The number of likely N-dealkylation sites (tertiary alicyclic amines) is 1. The minimum atomic E-state index is -3.54. The summed E-state index contributed by atoms with van der Waals surface area (Å²) in [6.07, 6.45) is 5.07. The lowest BCUT2D eigenvalue weighted by Gasteiger charge is -2.30. The number of carboxylic acid groups (broad SMARTS) is 1. The second-order valence-electron chi connectivity index (χ2n) is 7.27. The summed E-state index contributed by atoms with van der Waals surface area (Å²) < 4.78 is 27.1. The Labute approximate surface area is 160 Å². The summed E-state index contributed by atoms with van der Waals surface area (Å²) >= 11 is 0. The van der Waals surface area contributed by atoms with E-state index < -0.39 is 21.9 Å². The molecule has 0 radical (unpaired) electrons. The Morgan fingerprint density at radius 1 is 0.926 bits per heavy atom. The van der Waals surface area contributed by atoms with Crippen LogP contribution in [0.5, 0.6) is 0 Å². The highest BCUT2D eigenvalue weighted by Crippen LogP contribution is 2.22. The number of rotatable bonds is 4. The van der Waals surface area contributed by atoms with Crippen LogP contribution in [0.1, 0.15) is 48.9 Å². The molecule has 1 atom stereocenters. The van der Waals surface area contributed by atoms with E-state index in [4.69, 9.17) is 5.11 Å². The minimum Gasteiger partial charge on any atom is -0.481 e. The number of hydrogen-bond acceptors (Lipinski definition) is 4. The van der Waals surface area contributed by atoms with Crippen molar-refractivity contribution in [3.63, 3.8) is 0 Å². The van der Waals surface area contributed by atoms with Crippen LogP contribution in [0.3, 0.4) is 0 Å². The molecule has 1 unspecified atom stereocenters. The number of carboxylic acids is 1. The van der Waals surface area contributed by atoms with Gasteiger partial charge in [0, 0.05) is 31.7 Å². The molecule has 1 aromatic carbocycles. The molecule has 3 rings (SSSR count). The summed E-state index contributed by atoms with van der Waals surface area (Å²) in [5.41, 5.74) is 0.385. The second kappa shape index (κ2) is 8.39. The van der Waals surface area contributed by atoms with E-state index in [1.54, 1.807) is 4.90 Å². The van der Waals surface area contributed by atoms with Gasteiger partial charge >= 0.3 is 5.97 Å². The Bertz CT molecular complexity index is 783. The predicted octanol–water partition coefficient (Wildman–Crippen LogP) is 2.19. The molecule has 2 aliphatic rings. The van der Waals surface area contributed by atoms with Crippen molar-refractivity contribution < 1.29 is 23.1 Å². The molecule has 1 N–H and O–H groups in total. The molecule has 0 spiro atoms. The van der Waals surface area contributed by atoms with E-state index in [0.29, 0.717) is 38.0 Å². The lowest BCUT2D eigenvalue weighted by molar-refractivity contribution is -0.143. The van der Waals surface area contributed by atoms with Gasteiger partial charge in [-0.1, -0.05) is 12.8 Å². The fourth-order valence-corrected chi connectivity index (χ4v) is 5.26. The van der Waals surface area contributed by atoms with Crippen LogP contribution in [0.15, 0.2) is 29.2 Å². The van der Waals surface area contributed by atoms with E-state index in [-0.39, 0.29) is 17.3 Å². The smallest absolute Gasteiger partial charge is 0.308 e. The van der Waals surface area contributed by atoms with E-state index in [1.807, 2.05) is 0 Å². The maximum atomic E-state index is 12.8. The monoisotopic (exact) mass is 394 g/mol. The summed E-state index contributed by atoms with van der Waals surface area (Å²) in [6.45, 7) is 1.79. The molecule has 27 heavy (non-hydrogen) atoms. The molecule has 1 aromatic rings. The van der Waals surface area contributed by atoms with Crippen LogP contribution in [0.25, 0.3) is 0 Å². The van der Waals surface area contributed by atoms with E-state index in [9.17, 15) is 18.0 Å². The van der Waals surface area contributed by atoms with Crippen LogP contribution in [0, 0.1) is 5.92 Å². The van der Waals surface area contributed by atoms with Crippen LogP contribution in [-0.2, 0) is 14.8 Å². The van der Waals surface area contributed by atoms with E-state index in [2.05, 4.69) is 0 Å². The van der Waals surface area contributed by atoms with Gasteiger partial charge in [-0.25, -0.2) is 8.42 Å². The minimum absolute atomic E-state index is 0.196. The standard InChI is InChI=1S/C19H26N2O5S/c22-18(20-11-5-6-16(14-20)19(23)24)15-7-9-17(10-8-15)27(25,26)21-12-3-1-2-4-13-21/h7-10,16H,1-6,11-14H2,(H,23,24). The van der Waals surface area contributed by atoms with Gasteiger partial charge in [0.25, 0.3) is 5.91 Å². The van der Waals surface area contributed by atoms with Gasteiger partial charge in [-0.3, -0.25) is 9.59 Å². The normalized spacial score (nSPS) is 22.2. The molecule has 2 aliphatic heterocycles. The first-order valence-corrected chi connectivity index (χ1v) is 11.0. The Morgan fingerprint density at radius 2 is 1.56 bits per heavy atom. The fourth-order valence-electron chi connectivity index (χ4n) is 3.75. The number of benzene rings is 1. The largest absolute Gasteiger partial charge is 0.481 e. The quantitative estimate of drug-likeness (QED) is 0.845. The van der Waals surface area contributed by atoms with Gasteiger partial charge in [0.05, 0.1) is 10.8 Å². The second-order valence-corrected chi connectivity index (χ2v) is 9.21. The van der Waals surface area contributed by atoms with Crippen molar-refractivity contribution in [2.24, 2.45) is 5.92 Å². The average Bonchev–Trinajstić information content (AvgIpc) is 2.98. The van der Waals surface area contributed by atoms with Crippen molar-refractivity contribution in [3.05, 3.63) is 29.8 Å². The van der Waals surface area contributed by atoms with Crippen molar-refractivity contribution >= 4 is 21.9 Å². The highest BCUT2D eigenvalue weighted by molar-refractivity contribution is 7.89. The molecular formula is C19H26N2O5S. The van der Waals surface area contributed by atoms with Crippen molar-refractivity contribution in [3.8, 4) is 0 Å². The number of nitrogens with zero attached hydrogens (tertiary/aromatic N) is 2. The van der Waals surface area contributed by atoms with Gasteiger partial charge in [0.15, 0.2) is 0 Å². The summed E-state index contributed by atoms with van der Waals surface area (Å²) in [4.78, 5) is 25.6. The first-order valence-electron chi connectivity index (χ1n) is 9.52. The van der Waals surface area contributed by atoms with E-state index in [1.165, 1.54) is 28.6 Å². The SMILES string of the molecule is O=C(O)C1CCCN(C(=O)c2ccc(S(=O)(=O)N3CCCCCC3)cc2)C1. The third-order valence-corrected chi connectivity index (χ3v) is 7.27. The number of carbonyl (C=O) groups excluding carboxylic acids is 1. The van der Waals surface area contributed by atoms with Gasteiger partial charge in [-0.05, 0) is 49.9 Å². The van der Waals surface area contributed by atoms with Crippen molar-refractivity contribution in [2.45, 2.75) is 43.4 Å². The average molecular weight is 394 g/mol. The number of hydrogen-bond donors (Lipinski definition) is 1. The van der Waals surface area contributed by atoms with Gasteiger partial charge in [-0.15, -0.1) is 0 Å². The first-order chi connectivity index (χ1) is 12.9. The highest BCUT2D eigenvalue weighted by atomic mass is 32.2. The summed E-state index contributed by atoms with van der Waals surface area (Å²) in [7, 11) is -3.54.